The largest absolute Gasteiger partial charge is 0.351 e. The number of hydrogen-bond donors (Lipinski definition) is 1. The fourth-order valence-corrected chi connectivity index (χ4v) is 5.32. The minimum absolute atomic E-state index is 0.0616. The molecule has 0 radical (unpaired) electrons. The minimum atomic E-state index is -2.97. The molecule has 1 amide bonds. The average molecular weight is 349 g/mol. The molecule has 1 saturated heterocycles. The first-order valence-electron chi connectivity index (χ1n) is 7.59. The molecule has 122 valence electrons. The van der Waals surface area contributed by atoms with Crippen molar-refractivity contribution in [3.05, 3.63) is 42.5 Å². The summed E-state index contributed by atoms with van der Waals surface area (Å²) < 4.78 is 22.9. The molecule has 0 bridgehead atoms. The number of amides is 1. The fraction of sp³-hybridized carbons (Fsp3) is 0.353. The van der Waals surface area contributed by atoms with Gasteiger partial charge < -0.3 is 5.32 Å². The Kier molecular flexibility index (Phi) is 4.64. The first-order chi connectivity index (χ1) is 10.9. The van der Waals surface area contributed by atoms with Crippen LogP contribution >= 0.6 is 11.8 Å². The van der Waals surface area contributed by atoms with Gasteiger partial charge in [0.05, 0.1) is 16.8 Å². The SMILES string of the molecule is CC(Sc1ccc2ccccc2c1)C(=O)NC1CCS(=O)(=O)C1. The van der Waals surface area contributed by atoms with Crippen LogP contribution in [-0.4, -0.2) is 37.1 Å². The van der Waals surface area contributed by atoms with Crippen molar-refractivity contribution in [1.29, 1.82) is 0 Å². The molecule has 1 aliphatic rings. The summed E-state index contributed by atoms with van der Waals surface area (Å²) in [7, 11) is -2.97. The minimum Gasteiger partial charge on any atom is -0.351 e. The van der Waals surface area contributed by atoms with Crippen molar-refractivity contribution in [1.82, 2.24) is 5.32 Å². The van der Waals surface area contributed by atoms with Crippen molar-refractivity contribution in [2.75, 3.05) is 11.5 Å². The predicted octanol–water partition coefficient (Wildman–Crippen LogP) is 2.62. The topological polar surface area (TPSA) is 63.2 Å². The molecule has 1 N–H and O–H groups in total. The Morgan fingerprint density at radius 2 is 1.96 bits per heavy atom. The van der Waals surface area contributed by atoms with E-state index in [-0.39, 0.29) is 28.7 Å². The Bertz CT molecular complexity index is 833. The van der Waals surface area contributed by atoms with Gasteiger partial charge in [0.2, 0.25) is 5.91 Å². The van der Waals surface area contributed by atoms with Crippen LogP contribution in [0.25, 0.3) is 10.8 Å². The molecule has 23 heavy (non-hydrogen) atoms. The van der Waals surface area contributed by atoms with Gasteiger partial charge in [-0.15, -0.1) is 11.8 Å². The van der Waals surface area contributed by atoms with Gasteiger partial charge in [-0.25, -0.2) is 8.42 Å². The third-order valence-corrected chi connectivity index (χ3v) is 6.84. The van der Waals surface area contributed by atoms with E-state index in [1.54, 1.807) is 0 Å². The van der Waals surface area contributed by atoms with Crippen LogP contribution in [0.3, 0.4) is 0 Å². The van der Waals surface area contributed by atoms with Crippen LogP contribution in [0.2, 0.25) is 0 Å². The number of hydrogen-bond acceptors (Lipinski definition) is 4. The van der Waals surface area contributed by atoms with E-state index in [0.29, 0.717) is 6.42 Å². The number of fused-ring (bicyclic) bond motifs is 1. The van der Waals surface area contributed by atoms with E-state index in [2.05, 4.69) is 17.4 Å². The molecule has 1 fully saturated rings. The van der Waals surface area contributed by atoms with Crippen LogP contribution < -0.4 is 5.32 Å². The van der Waals surface area contributed by atoms with Crippen LogP contribution in [0.4, 0.5) is 0 Å². The maximum Gasteiger partial charge on any atom is 0.233 e. The molecule has 2 aromatic rings. The summed E-state index contributed by atoms with van der Waals surface area (Å²) in [5.74, 6) is 0.126. The van der Waals surface area contributed by atoms with Crippen molar-refractivity contribution in [2.45, 2.75) is 29.5 Å². The zero-order valence-electron chi connectivity index (χ0n) is 12.9. The lowest BCUT2D eigenvalue weighted by molar-refractivity contribution is -0.120. The van der Waals surface area contributed by atoms with Crippen LogP contribution in [0.15, 0.2) is 47.4 Å². The van der Waals surface area contributed by atoms with Gasteiger partial charge >= 0.3 is 0 Å². The van der Waals surface area contributed by atoms with Crippen molar-refractivity contribution < 1.29 is 13.2 Å². The molecular formula is C17H19NO3S2. The highest BCUT2D eigenvalue weighted by Gasteiger charge is 2.30. The molecule has 2 aromatic carbocycles. The quantitative estimate of drug-likeness (QED) is 0.862. The summed E-state index contributed by atoms with van der Waals surface area (Å²) in [4.78, 5) is 13.3. The Balaban J connectivity index is 1.63. The number of thioether (sulfide) groups is 1. The zero-order chi connectivity index (χ0) is 16.4. The first-order valence-corrected chi connectivity index (χ1v) is 10.3. The molecule has 2 unspecified atom stereocenters. The van der Waals surface area contributed by atoms with E-state index >= 15 is 0 Å². The van der Waals surface area contributed by atoms with E-state index in [1.165, 1.54) is 17.1 Å². The first kappa shape index (κ1) is 16.3. The molecule has 0 aliphatic carbocycles. The Labute approximate surface area is 140 Å². The lowest BCUT2D eigenvalue weighted by atomic mass is 10.1. The third-order valence-electron chi connectivity index (χ3n) is 3.98. The van der Waals surface area contributed by atoms with E-state index in [4.69, 9.17) is 0 Å². The molecule has 0 saturated carbocycles. The van der Waals surface area contributed by atoms with Gasteiger partial charge in [0.15, 0.2) is 9.84 Å². The summed E-state index contributed by atoms with van der Waals surface area (Å²) in [6.07, 6.45) is 0.515. The third kappa shape index (κ3) is 4.06. The molecular weight excluding hydrogens is 330 g/mol. The van der Waals surface area contributed by atoms with Crippen molar-refractivity contribution in [3.8, 4) is 0 Å². The zero-order valence-corrected chi connectivity index (χ0v) is 14.5. The van der Waals surface area contributed by atoms with Crippen molar-refractivity contribution >= 4 is 38.3 Å². The standard InChI is InChI=1S/C17H19NO3S2/c1-12(17(19)18-15-8-9-23(20,21)11-15)22-16-7-6-13-4-2-3-5-14(13)10-16/h2-7,10,12,15H,8-9,11H2,1H3,(H,18,19). The second-order valence-electron chi connectivity index (χ2n) is 5.88. The van der Waals surface area contributed by atoms with Gasteiger partial charge in [-0.2, -0.15) is 0 Å². The number of rotatable bonds is 4. The summed E-state index contributed by atoms with van der Waals surface area (Å²) in [6.45, 7) is 1.85. The molecule has 6 heteroatoms. The molecule has 2 atom stereocenters. The van der Waals surface area contributed by atoms with Gasteiger partial charge in [-0.3, -0.25) is 4.79 Å². The predicted molar refractivity (Wildman–Crippen MR) is 94.5 cm³/mol. The maximum atomic E-state index is 12.3. The molecule has 0 spiro atoms. The number of nitrogens with one attached hydrogen (secondary N) is 1. The average Bonchev–Trinajstić information content (AvgIpc) is 2.86. The van der Waals surface area contributed by atoms with Crippen molar-refractivity contribution in [3.63, 3.8) is 0 Å². The second kappa shape index (κ2) is 6.53. The van der Waals surface area contributed by atoms with E-state index in [9.17, 15) is 13.2 Å². The highest BCUT2D eigenvalue weighted by Crippen LogP contribution is 2.27. The number of carbonyl (C=O) groups excluding carboxylic acids is 1. The number of sulfone groups is 1. The smallest absolute Gasteiger partial charge is 0.233 e. The fourth-order valence-electron chi connectivity index (χ4n) is 2.73. The molecule has 1 aliphatic heterocycles. The lowest BCUT2D eigenvalue weighted by Gasteiger charge is -2.16. The number of benzene rings is 2. The summed E-state index contributed by atoms with van der Waals surface area (Å²) in [6, 6.07) is 14.0. The highest BCUT2D eigenvalue weighted by molar-refractivity contribution is 8.00. The summed E-state index contributed by atoms with van der Waals surface area (Å²) in [5.41, 5.74) is 0. The van der Waals surface area contributed by atoms with Gasteiger partial charge in [0, 0.05) is 10.9 Å². The molecule has 4 nitrogen and oxygen atoms in total. The van der Waals surface area contributed by atoms with Crippen molar-refractivity contribution in [2.24, 2.45) is 0 Å². The molecule has 3 rings (SSSR count). The Morgan fingerprint density at radius 3 is 2.65 bits per heavy atom. The molecule has 0 aromatic heterocycles. The second-order valence-corrected chi connectivity index (χ2v) is 9.52. The number of carbonyl (C=O) groups is 1. The Morgan fingerprint density at radius 1 is 1.22 bits per heavy atom. The van der Waals surface area contributed by atoms with Crippen LogP contribution in [0.5, 0.6) is 0 Å². The van der Waals surface area contributed by atoms with Crippen LogP contribution in [0, 0.1) is 0 Å². The van der Waals surface area contributed by atoms with Crippen LogP contribution in [-0.2, 0) is 14.6 Å². The summed E-state index contributed by atoms with van der Waals surface area (Å²) in [5, 5.41) is 4.91. The highest BCUT2D eigenvalue weighted by atomic mass is 32.2. The lowest BCUT2D eigenvalue weighted by Crippen LogP contribution is -2.39. The van der Waals surface area contributed by atoms with Gasteiger partial charge in [0.1, 0.15) is 0 Å². The Hall–Kier alpha value is -1.53. The normalized spacial score (nSPS) is 21.2. The molecule has 1 heterocycles. The van der Waals surface area contributed by atoms with Gasteiger partial charge in [0.25, 0.3) is 0 Å². The van der Waals surface area contributed by atoms with E-state index < -0.39 is 9.84 Å². The van der Waals surface area contributed by atoms with Gasteiger partial charge in [-0.1, -0.05) is 30.3 Å². The van der Waals surface area contributed by atoms with E-state index in [0.717, 1.165) is 10.3 Å². The van der Waals surface area contributed by atoms with Crippen LogP contribution in [0.1, 0.15) is 13.3 Å². The van der Waals surface area contributed by atoms with E-state index in [1.807, 2.05) is 37.3 Å². The van der Waals surface area contributed by atoms with Gasteiger partial charge in [-0.05, 0) is 36.2 Å². The monoisotopic (exact) mass is 349 g/mol. The maximum absolute atomic E-state index is 12.3. The summed E-state index contributed by atoms with van der Waals surface area (Å²) >= 11 is 1.49.